The van der Waals surface area contributed by atoms with Crippen molar-refractivity contribution in [2.75, 3.05) is 13.2 Å². The van der Waals surface area contributed by atoms with E-state index in [1.807, 2.05) is 72.8 Å². The average molecular weight is 477 g/mol. The molecule has 1 heterocycles. The second kappa shape index (κ2) is 11.8. The Balaban J connectivity index is 1.63. The zero-order chi connectivity index (χ0) is 23.8. The quantitative estimate of drug-likeness (QED) is 0.475. The third-order valence-corrected chi connectivity index (χ3v) is 6.24. The van der Waals surface area contributed by atoms with Gasteiger partial charge in [-0.1, -0.05) is 84.4 Å². The number of amides is 2. The molecule has 0 aliphatic carbocycles. The van der Waals surface area contributed by atoms with Crippen molar-refractivity contribution in [3.8, 4) is 0 Å². The molecule has 0 bridgehead atoms. The summed E-state index contributed by atoms with van der Waals surface area (Å²) in [6, 6.07) is 25.7. The molecular weight excluding hydrogens is 448 g/mol. The Morgan fingerprint density at radius 1 is 0.941 bits per heavy atom. The lowest BCUT2D eigenvalue weighted by atomic mass is 10.0. The molecule has 1 saturated heterocycles. The van der Waals surface area contributed by atoms with Crippen LogP contribution in [0.4, 0.5) is 0 Å². The molecule has 2 atom stereocenters. The molecule has 0 aromatic heterocycles. The van der Waals surface area contributed by atoms with Gasteiger partial charge >= 0.3 is 0 Å². The summed E-state index contributed by atoms with van der Waals surface area (Å²) in [5.74, 6) is -0.339. The lowest BCUT2D eigenvalue weighted by molar-refractivity contribution is -0.141. The standard InChI is InChI=1S/C28H29ClN2O3/c29-24-15-13-21(14-16-24)18-26(32)31(20-22-8-3-1-4-9-22)27(23-10-5-2-6-11-23)28(33)30-19-25-12-7-17-34-25/h1-6,8-11,13-16,25,27H,7,12,17-20H2,(H,30,33)/t25-,27+/m0/s1. The van der Waals surface area contributed by atoms with E-state index in [1.165, 1.54) is 0 Å². The van der Waals surface area contributed by atoms with Crippen molar-refractivity contribution >= 4 is 23.4 Å². The van der Waals surface area contributed by atoms with Gasteiger partial charge in [0.05, 0.1) is 12.5 Å². The van der Waals surface area contributed by atoms with Gasteiger partial charge in [0, 0.05) is 24.7 Å². The predicted molar refractivity (Wildman–Crippen MR) is 133 cm³/mol. The van der Waals surface area contributed by atoms with E-state index in [4.69, 9.17) is 16.3 Å². The predicted octanol–water partition coefficient (Wildman–Crippen LogP) is 4.95. The van der Waals surface area contributed by atoms with Crippen LogP contribution in [0.15, 0.2) is 84.9 Å². The minimum atomic E-state index is -0.761. The molecule has 0 unspecified atom stereocenters. The summed E-state index contributed by atoms with van der Waals surface area (Å²) in [6.07, 6.45) is 2.13. The zero-order valence-electron chi connectivity index (χ0n) is 19.0. The summed E-state index contributed by atoms with van der Waals surface area (Å²) in [7, 11) is 0. The van der Waals surface area contributed by atoms with Gasteiger partial charge in [-0.2, -0.15) is 0 Å². The van der Waals surface area contributed by atoms with Crippen LogP contribution in [-0.2, 0) is 27.3 Å². The van der Waals surface area contributed by atoms with Crippen LogP contribution < -0.4 is 5.32 Å². The van der Waals surface area contributed by atoms with E-state index in [2.05, 4.69) is 5.32 Å². The normalized spacial score (nSPS) is 16.1. The van der Waals surface area contributed by atoms with Gasteiger partial charge in [-0.3, -0.25) is 9.59 Å². The van der Waals surface area contributed by atoms with Crippen LogP contribution in [0.25, 0.3) is 0 Å². The number of carbonyl (C=O) groups is 2. The van der Waals surface area contributed by atoms with Crippen LogP contribution in [0.1, 0.15) is 35.6 Å². The number of rotatable bonds is 9. The first-order valence-electron chi connectivity index (χ1n) is 11.6. The second-order valence-corrected chi connectivity index (χ2v) is 8.94. The highest BCUT2D eigenvalue weighted by molar-refractivity contribution is 6.30. The molecule has 2 amide bonds. The molecule has 1 fully saturated rings. The van der Waals surface area contributed by atoms with Crippen molar-refractivity contribution in [1.82, 2.24) is 10.2 Å². The van der Waals surface area contributed by atoms with Crippen molar-refractivity contribution < 1.29 is 14.3 Å². The van der Waals surface area contributed by atoms with Gasteiger partial charge in [-0.15, -0.1) is 0 Å². The maximum atomic E-state index is 13.7. The van der Waals surface area contributed by atoms with Crippen LogP contribution >= 0.6 is 11.6 Å². The molecule has 6 heteroatoms. The van der Waals surface area contributed by atoms with E-state index in [9.17, 15) is 9.59 Å². The maximum Gasteiger partial charge on any atom is 0.247 e. The number of benzene rings is 3. The van der Waals surface area contributed by atoms with Gasteiger partial charge in [-0.25, -0.2) is 0 Å². The smallest absolute Gasteiger partial charge is 0.247 e. The lowest BCUT2D eigenvalue weighted by Crippen LogP contribution is -2.45. The summed E-state index contributed by atoms with van der Waals surface area (Å²) in [5, 5.41) is 3.66. The summed E-state index contributed by atoms with van der Waals surface area (Å²) in [5.41, 5.74) is 2.58. The van der Waals surface area contributed by atoms with Crippen LogP contribution in [0.3, 0.4) is 0 Å². The van der Waals surface area contributed by atoms with Gasteiger partial charge in [0.2, 0.25) is 11.8 Å². The van der Waals surface area contributed by atoms with Crippen molar-refractivity contribution in [2.24, 2.45) is 0 Å². The third-order valence-electron chi connectivity index (χ3n) is 5.99. The third kappa shape index (κ3) is 6.46. The van der Waals surface area contributed by atoms with Gasteiger partial charge in [0.25, 0.3) is 0 Å². The molecule has 1 aliphatic rings. The Bertz CT molecular complexity index is 1070. The SMILES string of the molecule is O=C(NC[C@@H]1CCCO1)[C@@H](c1ccccc1)N(Cc1ccccc1)C(=O)Cc1ccc(Cl)cc1. The minimum Gasteiger partial charge on any atom is -0.376 e. The van der Waals surface area contributed by atoms with Crippen LogP contribution in [0.2, 0.25) is 5.02 Å². The van der Waals surface area contributed by atoms with Crippen LogP contribution in [0.5, 0.6) is 0 Å². The topological polar surface area (TPSA) is 58.6 Å². The second-order valence-electron chi connectivity index (χ2n) is 8.50. The first kappa shape index (κ1) is 24.0. The monoisotopic (exact) mass is 476 g/mol. The molecule has 5 nitrogen and oxygen atoms in total. The summed E-state index contributed by atoms with van der Waals surface area (Å²) in [6.45, 7) is 1.48. The lowest BCUT2D eigenvalue weighted by Gasteiger charge is -2.32. The first-order valence-corrected chi connectivity index (χ1v) is 12.0. The number of hydrogen-bond acceptors (Lipinski definition) is 3. The number of carbonyl (C=O) groups excluding carboxylic acids is 2. The highest BCUT2D eigenvalue weighted by Crippen LogP contribution is 2.25. The van der Waals surface area contributed by atoms with Crippen LogP contribution in [-0.4, -0.2) is 36.0 Å². The van der Waals surface area contributed by atoms with Crippen molar-refractivity contribution in [1.29, 1.82) is 0 Å². The molecule has 1 N–H and O–H groups in total. The fourth-order valence-corrected chi connectivity index (χ4v) is 4.33. The number of halogens is 1. The number of ether oxygens (including phenoxy) is 1. The number of hydrogen-bond donors (Lipinski definition) is 1. The fourth-order valence-electron chi connectivity index (χ4n) is 4.21. The Morgan fingerprint density at radius 3 is 2.26 bits per heavy atom. The van der Waals surface area contributed by atoms with Crippen molar-refractivity contribution in [2.45, 2.75) is 38.0 Å². The molecule has 176 valence electrons. The molecule has 3 aromatic rings. The summed E-state index contributed by atoms with van der Waals surface area (Å²) in [4.78, 5) is 28.9. The van der Waals surface area contributed by atoms with Crippen molar-refractivity contribution in [3.63, 3.8) is 0 Å². The average Bonchev–Trinajstić information content (AvgIpc) is 3.39. The van der Waals surface area contributed by atoms with Gasteiger partial charge in [0.1, 0.15) is 6.04 Å². The molecule has 0 saturated carbocycles. The van der Waals surface area contributed by atoms with Gasteiger partial charge in [0.15, 0.2) is 0 Å². The molecule has 4 rings (SSSR count). The van der Waals surface area contributed by atoms with Gasteiger partial charge < -0.3 is 15.0 Å². The van der Waals surface area contributed by atoms with E-state index in [0.717, 1.165) is 36.1 Å². The van der Waals surface area contributed by atoms with Crippen molar-refractivity contribution in [3.05, 3.63) is 107 Å². The molecule has 0 radical (unpaired) electrons. The van der Waals surface area contributed by atoms with E-state index in [1.54, 1.807) is 17.0 Å². The molecule has 0 spiro atoms. The highest BCUT2D eigenvalue weighted by atomic mass is 35.5. The molecular formula is C28H29ClN2O3. The maximum absolute atomic E-state index is 13.7. The molecule has 3 aromatic carbocycles. The summed E-state index contributed by atoms with van der Waals surface area (Å²) >= 11 is 6.02. The van der Waals surface area contributed by atoms with E-state index >= 15 is 0 Å². The highest BCUT2D eigenvalue weighted by Gasteiger charge is 2.32. The Morgan fingerprint density at radius 2 is 1.62 bits per heavy atom. The minimum absolute atomic E-state index is 0.0210. The van der Waals surface area contributed by atoms with E-state index < -0.39 is 6.04 Å². The summed E-state index contributed by atoms with van der Waals surface area (Å²) < 4.78 is 5.67. The zero-order valence-corrected chi connectivity index (χ0v) is 19.8. The largest absolute Gasteiger partial charge is 0.376 e. The Labute approximate surface area is 205 Å². The molecule has 34 heavy (non-hydrogen) atoms. The van der Waals surface area contributed by atoms with Gasteiger partial charge in [-0.05, 0) is 41.7 Å². The Kier molecular flexibility index (Phi) is 8.34. The first-order chi connectivity index (χ1) is 16.6. The fraction of sp³-hybridized carbons (Fsp3) is 0.286. The van der Waals surface area contributed by atoms with Crippen LogP contribution in [0, 0.1) is 0 Å². The van der Waals surface area contributed by atoms with E-state index in [-0.39, 0.29) is 24.3 Å². The Hall–Kier alpha value is -3.15. The van der Waals surface area contributed by atoms with E-state index in [0.29, 0.717) is 18.1 Å². The molecule has 1 aliphatic heterocycles. The number of nitrogens with zero attached hydrogens (tertiary/aromatic N) is 1. The number of nitrogens with one attached hydrogen (secondary N) is 1.